The topological polar surface area (TPSA) is 486 Å². The first-order valence-electron chi connectivity index (χ1n) is 42.5. The zero-order valence-corrected chi connectivity index (χ0v) is 75.0. The summed E-state index contributed by atoms with van der Waals surface area (Å²) in [5, 5.41) is 37.1. The van der Waals surface area contributed by atoms with Crippen molar-refractivity contribution in [2.24, 2.45) is 42.3 Å². The van der Waals surface area contributed by atoms with Crippen molar-refractivity contribution in [2.45, 2.75) is 74.3 Å². The van der Waals surface area contributed by atoms with Gasteiger partial charge in [-0.1, -0.05) is 0 Å². The summed E-state index contributed by atoms with van der Waals surface area (Å²) >= 11 is 0. The number of carbonyl (C=O) groups is 4. The highest BCUT2D eigenvalue weighted by Gasteiger charge is 2.26. The van der Waals surface area contributed by atoms with Crippen LogP contribution >= 0.6 is 0 Å². The second kappa shape index (κ2) is 37.4. The lowest BCUT2D eigenvalue weighted by molar-refractivity contribution is 0.0704. The number of hydrogen-bond donors (Lipinski definition) is 11. The third kappa shape index (κ3) is 19.8. The SMILES string of the molecule is Cc1cc(Nc2nccc(-c3cn(C)cn3)n2)cc2cc(C(=O)N3CCn4c(cnc4C)C3)[nH]c12.Cc1cc(Nc2nccc(-c3cn(C)cn3)n2)cc2cc(C(=O)NCc3cnn(C)c3)[nH]c12.Cc1cc(Nc2nccc(-c3cn(C)cn3)n2)cc2cc(C(=O)NCc3nccn3C)[nH]c12.Cc1nnc(CNC(=O)c2cc3cc(Nc4nccc(-c5cn(C)cn5)n4)cc(C)c3[nH]2)o1. The zero-order valence-electron chi connectivity index (χ0n) is 75.0. The van der Waals surface area contributed by atoms with Crippen LogP contribution in [0.25, 0.3) is 89.2 Å². The Morgan fingerprint density at radius 3 is 1.14 bits per heavy atom. The maximum Gasteiger partial charge on any atom is 0.270 e. The monoisotopic (exact) mass is 1790 g/mol. The molecular weight excluding hydrogens is 1700 g/mol. The highest BCUT2D eigenvalue weighted by Crippen LogP contribution is 2.33. The van der Waals surface area contributed by atoms with Crippen LogP contribution in [0, 0.1) is 41.5 Å². The maximum atomic E-state index is 13.3. The summed E-state index contributed by atoms with van der Waals surface area (Å²) < 4.78 is 18.5. The third-order valence-electron chi connectivity index (χ3n) is 22.1. The first kappa shape index (κ1) is 86.8. The lowest BCUT2D eigenvalue weighted by Crippen LogP contribution is -2.38. The van der Waals surface area contributed by atoms with Gasteiger partial charge in [0.25, 0.3) is 23.6 Å². The quantitative estimate of drug-likeness (QED) is 0.0300. The number of nitrogens with one attached hydrogen (secondary N) is 11. The third-order valence-corrected chi connectivity index (χ3v) is 22.1. The number of fused-ring (bicyclic) bond motifs is 5. The molecule has 0 fully saturated rings. The van der Waals surface area contributed by atoms with Gasteiger partial charge in [0.2, 0.25) is 35.6 Å². The minimum Gasteiger partial charge on any atom is -0.424 e. The van der Waals surface area contributed by atoms with E-state index in [1.807, 2.05) is 239 Å². The van der Waals surface area contributed by atoms with E-state index in [0.717, 1.165) is 164 Å². The maximum absolute atomic E-state index is 13.3. The van der Waals surface area contributed by atoms with Crippen LogP contribution in [0.3, 0.4) is 0 Å². The predicted octanol–water partition coefficient (Wildman–Crippen LogP) is 12.8. The molecule has 0 radical (unpaired) electrons. The second-order valence-electron chi connectivity index (χ2n) is 32.4. The Labute approximate surface area is 764 Å². The average molecular weight is 1790 g/mol. The Morgan fingerprint density at radius 2 is 0.784 bits per heavy atom. The molecule has 20 aromatic rings. The largest absolute Gasteiger partial charge is 0.424 e. The van der Waals surface area contributed by atoms with Crippen molar-refractivity contribution in [1.82, 2.24) is 158 Å². The summed E-state index contributed by atoms with van der Waals surface area (Å²) in [6, 6.07) is 30.5. The molecule has 0 spiro atoms. The van der Waals surface area contributed by atoms with Crippen LogP contribution in [-0.4, -0.2) is 172 Å². The number of amides is 4. The fourth-order valence-corrected chi connectivity index (χ4v) is 15.5. The highest BCUT2D eigenvalue weighted by atomic mass is 16.4. The van der Waals surface area contributed by atoms with Crippen LogP contribution in [0.5, 0.6) is 0 Å². The van der Waals surface area contributed by atoms with Gasteiger partial charge >= 0.3 is 0 Å². The second-order valence-corrected chi connectivity index (χ2v) is 32.4. The molecular formula is C93H92N36O5. The summed E-state index contributed by atoms with van der Waals surface area (Å²) in [5.74, 6) is 3.85. The van der Waals surface area contributed by atoms with E-state index in [4.69, 9.17) is 4.42 Å². The molecule has 0 bridgehead atoms. The summed E-state index contributed by atoms with van der Waals surface area (Å²) in [6.07, 6.45) is 30.4. The van der Waals surface area contributed by atoms with E-state index in [2.05, 4.69) is 147 Å². The molecule has 41 nitrogen and oxygen atoms in total. The summed E-state index contributed by atoms with van der Waals surface area (Å²) in [7, 11) is 11.4. The minimum absolute atomic E-state index is 0.00777. The number of rotatable bonds is 22. The van der Waals surface area contributed by atoms with Crippen molar-refractivity contribution in [1.29, 1.82) is 0 Å². The lowest BCUT2D eigenvalue weighted by Gasteiger charge is -2.28. The van der Waals surface area contributed by atoms with Gasteiger partial charge in [-0.05, 0) is 154 Å². The van der Waals surface area contributed by atoms with Gasteiger partial charge in [-0.25, -0.2) is 69.8 Å². The molecule has 16 aromatic heterocycles. The van der Waals surface area contributed by atoms with Gasteiger partial charge in [0.15, 0.2) is 0 Å². The van der Waals surface area contributed by atoms with E-state index in [-0.39, 0.29) is 30.2 Å². The van der Waals surface area contributed by atoms with Gasteiger partial charge in [-0.3, -0.25) is 23.9 Å². The van der Waals surface area contributed by atoms with Crippen LogP contribution in [0.2, 0.25) is 0 Å². The molecule has 4 aromatic carbocycles. The predicted molar refractivity (Wildman–Crippen MR) is 503 cm³/mol. The summed E-state index contributed by atoms with van der Waals surface area (Å²) in [4.78, 5) is 128. The number of anilines is 8. The van der Waals surface area contributed by atoms with Crippen LogP contribution < -0.4 is 37.2 Å². The van der Waals surface area contributed by atoms with E-state index in [1.54, 1.807) is 80.2 Å². The summed E-state index contributed by atoms with van der Waals surface area (Å²) in [6.45, 7) is 14.6. The first-order chi connectivity index (χ1) is 64.8. The highest BCUT2D eigenvalue weighted by molar-refractivity contribution is 6.03. The molecule has 0 aliphatic carbocycles. The van der Waals surface area contributed by atoms with Crippen LogP contribution in [-0.2, 0) is 75.0 Å². The van der Waals surface area contributed by atoms with E-state index in [0.29, 0.717) is 84.5 Å². The van der Waals surface area contributed by atoms with Gasteiger partial charge in [0.05, 0.1) is 85.8 Å². The van der Waals surface area contributed by atoms with Crippen molar-refractivity contribution in [3.05, 3.63) is 283 Å². The van der Waals surface area contributed by atoms with Crippen molar-refractivity contribution >= 4 is 114 Å². The molecule has 21 rings (SSSR count). The van der Waals surface area contributed by atoms with E-state index in [1.165, 1.54) is 0 Å². The van der Waals surface area contributed by atoms with Crippen molar-refractivity contribution < 1.29 is 23.6 Å². The molecule has 674 valence electrons. The summed E-state index contributed by atoms with van der Waals surface area (Å²) in [5.41, 5.74) is 21.0. The standard InChI is InChI=1S/C25H25N9O.2C23H23N9O.C22H21N9O2/c1-15-8-18(29-25-26-5-4-20(31-25)22-13-32(3)14-28-22)9-17-10-21(30-23(15)17)24(35)33-6-7-34-16(2)27-11-19(34)12-33;1-14-6-17(28-23-24-5-4-18(30-23)20-12-31(2)13-26-20)7-16-8-19(29-21(14)16)22(33)25-9-15-10-27-32(3)11-15;1-14-8-16(28-23-25-5-4-17(30-23)19-12-31(2)13-27-19)9-15-10-18(29-21(14)15)22(33)26-11-20-24-6-7-32(20)3;1-12-6-15(26-22-23-5-4-16(28-22)18-10-31(3)11-25-18)7-14-8-17(27-20(12)14)21(32)24-9-19-30-29-13(2)33-19/h4-5,8-11,13-14,30H,6-7,12H2,1-3H3,(H,26,29,31);4-8,10-13,29H,9H2,1-3H3,(H,25,33)(H,24,28,30);4-10,12-13,29H,11H2,1-3H3,(H,26,33)(H,25,28,30);4-8,10-11,27H,9H2,1-3H3,(H,24,32)(H,23,26,28). The molecule has 11 N–H and O–H groups in total. The van der Waals surface area contributed by atoms with Gasteiger partial charge in [-0.15, -0.1) is 10.2 Å². The number of imidazole rings is 6. The lowest BCUT2D eigenvalue weighted by atomic mass is 10.1. The molecule has 0 unspecified atom stereocenters. The fourth-order valence-electron chi connectivity index (χ4n) is 15.5. The molecule has 0 atom stereocenters. The molecule has 1 aliphatic rings. The minimum atomic E-state index is -0.262. The number of aromatic nitrogens is 28. The van der Waals surface area contributed by atoms with Gasteiger partial charge in [0.1, 0.15) is 57.2 Å². The molecule has 0 saturated heterocycles. The molecule has 134 heavy (non-hydrogen) atoms. The van der Waals surface area contributed by atoms with Crippen molar-refractivity contribution in [2.75, 3.05) is 27.8 Å². The normalized spacial score (nSPS) is 11.7. The molecule has 1 aliphatic heterocycles. The van der Waals surface area contributed by atoms with Gasteiger partial charge in [0, 0.05) is 209 Å². The zero-order chi connectivity index (χ0) is 93.0. The molecule has 41 heteroatoms. The molecule has 4 amide bonds. The Kier molecular flexibility index (Phi) is 24.2. The van der Waals surface area contributed by atoms with E-state index < -0.39 is 0 Å². The van der Waals surface area contributed by atoms with Crippen molar-refractivity contribution in [3.63, 3.8) is 0 Å². The number of nitrogens with zero attached hydrogens (tertiary/aromatic N) is 25. The Morgan fingerprint density at radius 1 is 0.396 bits per heavy atom. The van der Waals surface area contributed by atoms with Gasteiger partial charge < -0.3 is 93.9 Å². The van der Waals surface area contributed by atoms with Crippen LogP contribution in [0.15, 0.2) is 207 Å². The Balaban J connectivity index is 0.000000119. The number of aryl methyl sites for hydroxylation is 12. The smallest absolute Gasteiger partial charge is 0.270 e. The average Bonchev–Trinajstić information content (AvgIpc) is 1.67. The number of aromatic amines is 4. The van der Waals surface area contributed by atoms with Crippen LogP contribution in [0.4, 0.5) is 46.5 Å². The number of benzene rings is 4. The Hall–Kier alpha value is -17.9. The first-order valence-corrected chi connectivity index (χ1v) is 42.5. The van der Waals surface area contributed by atoms with E-state index in [9.17, 15) is 19.2 Å². The van der Waals surface area contributed by atoms with Crippen molar-refractivity contribution in [3.8, 4) is 45.6 Å². The molecule has 17 heterocycles. The number of carbonyl (C=O) groups excluding carboxylic acids is 4. The van der Waals surface area contributed by atoms with E-state index >= 15 is 0 Å². The van der Waals surface area contributed by atoms with Crippen LogP contribution in [0.1, 0.15) is 98.9 Å². The number of hydrogen-bond acceptors (Lipinski definition) is 26. The number of H-pyrrole nitrogens is 4. The Bertz CT molecular complexity index is 7540. The molecule has 0 saturated carbocycles. The van der Waals surface area contributed by atoms with Gasteiger partial charge in [-0.2, -0.15) is 5.10 Å². The fraction of sp³-hybridized carbons (Fsp3) is 0.194.